The number of rotatable bonds is 3. The van der Waals surface area contributed by atoms with Gasteiger partial charge in [0.15, 0.2) is 5.41 Å². The van der Waals surface area contributed by atoms with Gasteiger partial charge in [0.25, 0.3) is 0 Å². The van der Waals surface area contributed by atoms with E-state index >= 15 is 0 Å². The molecule has 1 fully saturated rings. The molecule has 15 heavy (non-hydrogen) atoms. The Morgan fingerprint density at radius 1 is 1.20 bits per heavy atom. The Balaban J connectivity index is 2.63. The van der Waals surface area contributed by atoms with Crippen LogP contribution in [0.4, 0.5) is 0 Å². The number of carbonyl (C=O) groups is 2. The quantitative estimate of drug-likeness (QED) is 0.529. The number of hydrogen-bond donors (Lipinski definition) is 0. The molecule has 0 N–H and O–H groups in total. The minimum absolute atomic E-state index is 0.295. The Bertz CT molecular complexity index is 271. The molecule has 0 aromatic heterocycles. The molecule has 0 spiro atoms. The van der Waals surface area contributed by atoms with Crippen LogP contribution in [0.1, 0.15) is 40.5 Å². The van der Waals surface area contributed by atoms with E-state index in [-0.39, 0.29) is 0 Å². The van der Waals surface area contributed by atoms with Crippen molar-refractivity contribution in [3.8, 4) is 0 Å². The van der Waals surface area contributed by atoms with Gasteiger partial charge in [0.1, 0.15) is 5.60 Å². The van der Waals surface area contributed by atoms with Crippen LogP contribution >= 0.6 is 0 Å². The Hall–Kier alpha value is -1.06. The Morgan fingerprint density at radius 3 is 2.07 bits per heavy atom. The second-order valence-electron chi connectivity index (χ2n) is 4.80. The van der Waals surface area contributed by atoms with E-state index in [4.69, 9.17) is 9.47 Å². The van der Waals surface area contributed by atoms with E-state index in [1.165, 1.54) is 0 Å². The van der Waals surface area contributed by atoms with Crippen LogP contribution in [0.3, 0.4) is 0 Å². The summed E-state index contributed by atoms with van der Waals surface area (Å²) in [5.41, 5.74) is -1.55. The first-order chi connectivity index (χ1) is 6.82. The fourth-order valence-electron chi connectivity index (χ4n) is 1.26. The Kier molecular flexibility index (Phi) is 3.07. The van der Waals surface area contributed by atoms with Crippen molar-refractivity contribution >= 4 is 11.9 Å². The topological polar surface area (TPSA) is 52.6 Å². The van der Waals surface area contributed by atoms with Crippen LogP contribution in [0.25, 0.3) is 0 Å². The largest absolute Gasteiger partial charge is 0.465 e. The molecule has 0 saturated heterocycles. The maximum atomic E-state index is 11.7. The lowest BCUT2D eigenvalue weighted by molar-refractivity contribution is -0.171. The van der Waals surface area contributed by atoms with Gasteiger partial charge in [-0.05, 0) is 40.5 Å². The monoisotopic (exact) mass is 214 g/mol. The Morgan fingerprint density at radius 2 is 1.73 bits per heavy atom. The second kappa shape index (κ2) is 3.83. The van der Waals surface area contributed by atoms with Crippen molar-refractivity contribution in [3.63, 3.8) is 0 Å². The molecule has 1 rings (SSSR count). The highest BCUT2D eigenvalue weighted by molar-refractivity contribution is 6.03. The maximum absolute atomic E-state index is 11.7. The summed E-state index contributed by atoms with van der Waals surface area (Å²) in [6, 6.07) is 0. The summed E-state index contributed by atoms with van der Waals surface area (Å²) in [5, 5.41) is 0. The third kappa shape index (κ3) is 2.70. The summed E-state index contributed by atoms with van der Waals surface area (Å²) in [5.74, 6) is -0.896. The van der Waals surface area contributed by atoms with Crippen molar-refractivity contribution in [2.45, 2.75) is 46.1 Å². The number of esters is 2. The molecule has 0 unspecified atom stereocenters. The number of hydrogen-bond acceptors (Lipinski definition) is 4. The lowest BCUT2D eigenvalue weighted by Crippen LogP contribution is -2.35. The van der Waals surface area contributed by atoms with Crippen LogP contribution in [0.5, 0.6) is 0 Å². The predicted octanol–water partition coefficient (Wildman–Crippen LogP) is 1.67. The minimum atomic E-state index is -0.997. The Labute approximate surface area is 89.9 Å². The summed E-state index contributed by atoms with van der Waals surface area (Å²) >= 11 is 0. The second-order valence-corrected chi connectivity index (χ2v) is 4.80. The third-order valence-corrected chi connectivity index (χ3v) is 2.21. The average Bonchev–Trinajstić information content (AvgIpc) is 2.80. The van der Waals surface area contributed by atoms with Gasteiger partial charge >= 0.3 is 11.9 Å². The average molecular weight is 214 g/mol. The van der Waals surface area contributed by atoms with Crippen LogP contribution in [-0.2, 0) is 19.1 Å². The van der Waals surface area contributed by atoms with Crippen LogP contribution in [0, 0.1) is 5.41 Å². The molecule has 86 valence electrons. The number of carbonyl (C=O) groups excluding carboxylic acids is 2. The van der Waals surface area contributed by atoms with Crippen LogP contribution in [0.2, 0.25) is 0 Å². The molecule has 0 aromatic rings. The van der Waals surface area contributed by atoms with Crippen molar-refractivity contribution in [3.05, 3.63) is 0 Å². The van der Waals surface area contributed by atoms with Gasteiger partial charge < -0.3 is 9.47 Å². The summed E-state index contributed by atoms with van der Waals surface area (Å²) < 4.78 is 10.1. The zero-order valence-electron chi connectivity index (χ0n) is 9.75. The molecule has 0 aliphatic heterocycles. The zero-order valence-corrected chi connectivity index (χ0v) is 9.75. The van der Waals surface area contributed by atoms with Crippen LogP contribution in [0.15, 0.2) is 0 Å². The van der Waals surface area contributed by atoms with E-state index in [1.54, 1.807) is 27.7 Å². The van der Waals surface area contributed by atoms with E-state index < -0.39 is 23.0 Å². The molecular weight excluding hydrogens is 196 g/mol. The van der Waals surface area contributed by atoms with Gasteiger partial charge in [0.05, 0.1) is 6.61 Å². The molecule has 1 aliphatic rings. The predicted molar refractivity (Wildman–Crippen MR) is 54.1 cm³/mol. The first kappa shape index (κ1) is 12.0. The van der Waals surface area contributed by atoms with Gasteiger partial charge in [-0.15, -0.1) is 0 Å². The van der Waals surface area contributed by atoms with E-state index in [9.17, 15) is 9.59 Å². The smallest absolute Gasteiger partial charge is 0.324 e. The maximum Gasteiger partial charge on any atom is 0.324 e. The van der Waals surface area contributed by atoms with Gasteiger partial charge in [-0.2, -0.15) is 0 Å². The molecular formula is C11H18O4. The highest BCUT2D eigenvalue weighted by Gasteiger charge is 2.60. The summed E-state index contributed by atoms with van der Waals surface area (Å²) in [4.78, 5) is 23.3. The molecule has 1 saturated carbocycles. The SMILES string of the molecule is CCOC(=O)C1(C(=O)OC(C)(C)C)CC1. The molecule has 4 nitrogen and oxygen atoms in total. The molecule has 0 aromatic carbocycles. The van der Waals surface area contributed by atoms with Crippen LogP contribution < -0.4 is 0 Å². The summed E-state index contributed by atoms with van der Waals surface area (Å²) in [6.45, 7) is 7.37. The van der Waals surface area contributed by atoms with Crippen LogP contribution in [-0.4, -0.2) is 24.1 Å². The highest BCUT2D eigenvalue weighted by Crippen LogP contribution is 2.48. The lowest BCUT2D eigenvalue weighted by Gasteiger charge is -2.22. The van der Waals surface area contributed by atoms with Crippen molar-refractivity contribution in [2.75, 3.05) is 6.61 Å². The molecule has 0 bridgehead atoms. The van der Waals surface area contributed by atoms with Crippen molar-refractivity contribution in [2.24, 2.45) is 5.41 Å². The first-order valence-corrected chi connectivity index (χ1v) is 5.22. The fourth-order valence-corrected chi connectivity index (χ4v) is 1.26. The first-order valence-electron chi connectivity index (χ1n) is 5.22. The van der Waals surface area contributed by atoms with Crippen molar-refractivity contribution in [1.82, 2.24) is 0 Å². The van der Waals surface area contributed by atoms with Crippen molar-refractivity contribution in [1.29, 1.82) is 0 Å². The van der Waals surface area contributed by atoms with E-state index in [0.717, 1.165) is 0 Å². The molecule has 0 heterocycles. The van der Waals surface area contributed by atoms with Gasteiger partial charge in [-0.25, -0.2) is 0 Å². The van der Waals surface area contributed by atoms with Gasteiger partial charge in [0, 0.05) is 0 Å². The number of ether oxygens (including phenoxy) is 2. The normalized spacial score (nSPS) is 18.1. The molecule has 0 amide bonds. The van der Waals surface area contributed by atoms with E-state index in [0.29, 0.717) is 19.4 Å². The molecule has 0 radical (unpaired) electrons. The molecule has 0 atom stereocenters. The van der Waals surface area contributed by atoms with Gasteiger partial charge in [0.2, 0.25) is 0 Å². The van der Waals surface area contributed by atoms with Gasteiger partial charge in [-0.1, -0.05) is 0 Å². The van der Waals surface area contributed by atoms with Gasteiger partial charge in [-0.3, -0.25) is 9.59 Å². The fraction of sp³-hybridized carbons (Fsp3) is 0.818. The highest BCUT2D eigenvalue weighted by atomic mass is 16.6. The van der Waals surface area contributed by atoms with E-state index in [2.05, 4.69) is 0 Å². The molecule has 1 aliphatic carbocycles. The van der Waals surface area contributed by atoms with Crippen molar-refractivity contribution < 1.29 is 19.1 Å². The summed E-state index contributed by atoms with van der Waals surface area (Å²) in [7, 11) is 0. The third-order valence-electron chi connectivity index (χ3n) is 2.21. The molecule has 4 heteroatoms. The zero-order chi connectivity index (χ0) is 11.7. The standard InChI is InChI=1S/C11H18O4/c1-5-14-8(12)11(6-7-11)9(13)15-10(2,3)4/h5-7H2,1-4H3. The van der Waals surface area contributed by atoms with E-state index in [1.807, 2.05) is 0 Å². The lowest BCUT2D eigenvalue weighted by atomic mass is 10.1. The summed E-state index contributed by atoms with van der Waals surface area (Å²) in [6.07, 6.45) is 1.08. The minimum Gasteiger partial charge on any atom is -0.465 e.